The molecule has 0 saturated carbocycles. The molecule has 27 heavy (non-hydrogen) atoms. The van der Waals surface area contributed by atoms with Gasteiger partial charge in [-0.1, -0.05) is 52.0 Å². The molecule has 150 valence electrons. The SMILES string of the molecule is CCCCCCCC(=O)Oc1ccc(C(=CC(=O)O)CCCC)cc1OC. The fraction of sp³-hybridized carbons (Fsp3) is 0.545. The van der Waals surface area contributed by atoms with Gasteiger partial charge in [0.2, 0.25) is 0 Å². The van der Waals surface area contributed by atoms with E-state index in [0.29, 0.717) is 24.3 Å². The molecule has 1 rings (SSSR count). The van der Waals surface area contributed by atoms with Crippen molar-refractivity contribution in [3.63, 3.8) is 0 Å². The van der Waals surface area contributed by atoms with E-state index in [1.54, 1.807) is 18.2 Å². The average molecular weight is 376 g/mol. The summed E-state index contributed by atoms with van der Waals surface area (Å²) in [7, 11) is 1.51. The number of benzene rings is 1. The maximum absolute atomic E-state index is 12.1. The van der Waals surface area contributed by atoms with Crippen LogP contribution < -0.4 is 9.47 Å². The lowest BCUT2D eigenvalue weighted by molar-refractivity contribution is -0.134. The fourth-order valence-electron chi connectivity index (χ4n) is 2.81. The Morgan fingerprint density at radius 3 is 2.30 bits per heavy atom. The number of ether oxygens (including phenoxy) is 2. The number of hydrogen-bond donors (Lipinski definition) is 1. The van der Waals surface area contributed by atoms with Crippen LogP contribution in [-0.4, -0.2) is 24.2 Å². The van der Waals surface area contributed by atoms with Gasteiger partial charge < -0.3 is 14.6 Å². The number of methoxy groups -OCH3 is 1. The van der Waals surface area contributed by atoms with Gasteiger partial charge in [-0.2, -0.15) is 0 Å². The molecule has 1 N–H and O–H groups in total. The van der Waals surface area contributed by atoms with Crippen LogP contribution in [0.15, 0.2) is 24.3 Å². The summed E-state index contributed by atoms with van der Waals surface area (Å²) in [6.45, 7) is 4.22. The number of hydrogen-bond acceptors (Lipinski definition) is 4. The third kappa shape index (κ3) is 8.76. The Hall–Kier alpha value is -2.30. The van der Waals surface area contributed by atoms with Crippen molar-refractivity contribution in [3.05, 3.63) is 29.8 Å². The minimum absolute atomic E-state index is 0.273. The van der Waals surface area contributed by atoms with Gasteiger partial charge in [0.15, 0.2) is 11.5 Å². The van der Waals surface area contributed by atoms with Crippen LogP contribution in [-0.2, 0) is 9.59 Å². The molecule has 0 heterocycles. The summed E-state index contributed by atoms with van der Waals surface area (Å²) in [6.07, 6.45) is 9.50. The van der Waals surface area contributed by atoms with Crippen molar-refractivity contribution < 1.29 is 24.2 Å². The van der Waals surface area contributed by atoms with Crippen molar-refractivity contribution in [2.75, 3.05) is 7.11 Å². The molecule has 0 amide bonds. The summed E-state index contributed by atoms with van der Waals surface area (Å²) in [5.74, 6) is -0.451. The summed E-state index contributed by atoms with van der Waals surface area (Å²) in [5, 5.41) is 9.10. The van der Waals surface area contributed by atoms with Gasteiger partial charge in [-0.3, -0.25) is 4.79 Å². The molecule has 1 aromatic rings. The van der Waals surface area contributed by atoms with Crippen molar-refractivity contribution in [3.8, 4) is 11.5 Å². The first kappa shape index (κ1) is 22.7. The standard InChI is InChI=1S/C22H32O5/c1-4-6-8-9-10-12-22(25)27-19-14-13-18(15-20(19)26-3)17(11-7-5-2)16-21(23)24/h13-16H,4-12H2,1-3H3,(H,23,24). The minimum atomic E-state index is -0.973. The fourth-order valence-corrected chi connectivity index (χ4v) is 2.81. The third-order valence-corrected chi connectivity index (χ3v) is 4.34. The van der Waals surface area contributed by atoms with Gasteiger partial charge in [0.25, 0.3) is 0 Å². The number of aliphatic carboxylic acids is 1. The first-order valence-electron chi connectivity index (χ1n) is 9.84. The van der Waals surface area contributed by atoms with E-state index in [2.05, 4.69) is 13.8 Å². The summed E-state index contributed by atoms with van der Waals surface area (Å²) >= 11 is 0. The summed E-state index contributed by atoms with van der Waals surface area (Å²) in [4.78, 5) is 23.2. The Morgan fingerprint density at radius 1 is 0.963 bits per heavy atom. The maximum atomic E-state index is 12.1. The van der Waals surface area contributed by atoms with Gasteiger partial charge in [-0.25, -0.2) is 4.79 Å². The Morgan fingerprint density at radius 2 is 1.67 bits per heavy atom. The van der Waals surface area contributed by atoms with Crippen LogP contribution >= 0.6 is 0 Å². The number of carbonyl (C=O) groups excluding carboxylic acids is 1. The maximum Gasteiger partial charge on any atom is 0.328 e. The largest absolute Gasteiger partial charge is 0.493 e. The molecule has 5 heteroatoms. The van der Waals surface area contributed by atoms with Gasteiger partial charge in [-0.05, 0) is 42.5 Å². The zero-order valence-electron chi connectivity index (χ0n) is 16.8. The van der Waals surface area contributed by atoms with E-state index < -0.39 is 5.97 Å². The number of unbranched alkanes of at least 4 members (excludes halogenated alkanes) is 5. The molecule has 0 spiro atoms. The Kier molecular flexibility index (Phi) is 10.9. The minimum Gasteiger partial charge on any atom is -0.493 e. The molecule has 5 nitrogen and oxygen atoms in total. The number of rotatable bonds is 13. The Balaban J connectivity index is 2.80. The molecule has 0 saturated heterocycles. The van der Waals surface area contributed by atoms with E-state index in [0.717, 1.165) is 43.2 Å². The normalized spacial score (nSPS) is 11.3. The lowest BCUT2D eigenvalue weighted by Gasteiger charge is -2.13. The van der Waals surface area contributed by atoms with Gasteiger partial charge >= 0.3 is 11.9 Å². The zero-order valence-corrected chi connectivity index (χ0v) is 16.8. The highest BCUT2D eigenvalue weighted by atomic mass is 16.6. The van der Waals surface area contributed by atoms with Crippen LogP contribution in [0.5, 0.6) is 11.5 Å². The second-order valence-corrected chi connectivity index (χ2v) is 6.62. The van der Waals surface area contributed by atoms with Crippen molar-refractivity contribution in [1.29, 1.82) is 0 Å². The van der Waals surface area contributed by atoms with E-state index in [1.807, 2.05) is 0 Å². The van der Waals surface area contributed by atoms with Crippen LogP contribution in [0.2, 0.25) is 0 Å². The van der Waals surface area contributed by atoms with E-state index in [-0.39, 0.29) is 5.97 Å². The molecule has 0 bridgehead atoms. The van der Waals surface area contributed by atoms with Crippen LogP contribution in [0.4, 0.5) is 0 Å². The monoisotopic (exact) mass is 376 g/mol. The van der Waals surface area contributed by atoms with Crippen LogP contribution in [0.1, 0.15) is 77.2 Å². The molecule has 0 atom stereocenters. The smallest absolute Gasteiger partial charge is 0.328 e. The van der Waals surface area contributed by atoms with E-state index in [4.69, 9.17) is 14.6 Å². The average Bonchev–Trinajstić information content (AvgIpc) is 2.65. The quantitative estimate of drug-likeness (QED) is 0.209. The summed E-state index contributed by atoms with van der Waals surface area (Å²) < 4.78 is 10.8. The molecule has 0 aliphatic carbocycles. The topological polar surface area (TPSA) is 72.8 Å². The van der Waals surface area contributed by atoms with Crippen LogP contribution in [0, 0.1) is 0 Å². The lowest BCUT2D eigenvalue weighted by atomic mass is 9.99. The molecule has 0 aliphatic rings. The predicted molar refractivity (Wildman–Crippen MR) is 107 cm³/mol. The van der Waals surface area contributed by atoms with Crippen LogP contribution in [0.25, 0.3) is 5.57 Å². The highest BCUT2D eigenvalue weighted by molar-refractivity contribution is 5.90. The number of carbonyl (C=O) groups is 2. The molecule has 0 aliphatic heterocycles. The van der Waals surface area contributed by atoms with E-state index in [1.165, 1.54) is 26.0 Å². The summed E-state index contributed by atoms with van der Waals surface area (Å²) in [6, 6.07) is 5.18. The molecule has 0 radical (unpaired) electrons. The third-order valence-electron chi connectivity index (χ3n) is 4.34. The predicted octanol–water partition coefficient (Wildman–Crippen LogP) is 5.62. The summed E-state index contributed by atoms with van der Waals surface area (Å²) in [5.41, 5.74) is 1.50. The van der Waals surface area contributed by atoms with Gasteiger partial charge in [0.05, 0.1) is 7.11 Å². The Labute approximate surface area is 162 Å². The number of carboxylic acid groups (broad SMARTS) is 1. The van der Waals surface area contributed by atoms with Crippen molar-refractivity contribution in [2.24, 2.45) is 0 Å². The zero-order chi connectivity index (χ0) is 20.1. The molecular weight excluding hydrogens is 344 g/mol. The van der Waals surface area contributed by atoms with Crippen molar-refractivity contribution >= 4 is 17.5 Å². The second kappa shape index (κ2) is 13.0. The van der Waals surface area contributed by atoms with Gasteiger partial charge in [-0.15, -0.1) is 0 Å². The Bertz CT molecular complexity index is 634. The van der Waals surface area contributed by atoms with Gasteiger partial charge in [0, 0.05) is 12.5 Å². The second-order valence-electron chi connectivity index (χ2n) is 6.62. The van der Waals surface area contributed by atoms with Crippen molar-refractivity contribution in [1.82, 2.24) is 0 Å². The highest BCUT2D eigenvalue weighted by Crippen LogP contribution is 2.32. The van der Waals surface area contributed by atoms with Crippen LogP contribution in [0.3, 0.4) is 0 Å². The lowest BCUT2D eigenvalue weighted by Crippen LogP contribution is -2.08. The van der Waals surface area contributed by atoms with E-state index >= 15 is 0 Å². The van der Waals surface area contributed by atoms with Crippen molar-refractivity contribution in [2.45, 2.75) is 71.6 Å². The van der Waals surface area contributed by atoms with E-state index in [9.17, 15) is 9.59 Å². The molecular formula is C22H32O5. The molecule has 0 aromatic heterocycles. The number of esters is 1. The van der Waals surface area contributed by atoms with Gasteiger partial charge in [0.1, 0.15) is 0 Å². The molecule has 0 fully saturated rings. The molecule has 1 aromatic carbocycles. The highest BCUT2D eigenvalue weighted by Gasteiger charge is 2.13. The number of allylic oxidation sites excluding steroid dienone is 1. The first-order chi connectivity index (χ1) is 13.0. The number of carboxylic acids is 1. The molecule has 0 unspecified atom stereocenters. The first-order valence-corrected chi connectivity index (χ1v) is 9.84.